The third-order valence-corrected chi connectivity index (χ3v) is 2.32. The van der Waals surface area contributed by atoms with E-state index in [2.05, 4.69) is 26.2 Å². The Labute approximate surface area is 95.8 Å². The monoisotopic (exact) mass is 282 g/mol. The predicted molar refractivity (Wildman–Crippen MR) is 60.8 cm³/mol. The van der Waals surface area contributed by atoms with Crippen molar-refractivity contribution in [2.75, 3.05) is 11.9 Å². The van der Waals surface area contributed by atoms with Gasteiger partial charge in [-0.1, -0.05) is 11.6 Å². The zero-order valence-electron chi connectivity index (χ0n) is 7.02. The van der Waals surface area contributed by atoms with Crippen molar-refractivity contribution < 1.29 is 0 Å². The summed E-state index contributed by atoms with van der Waals surface area (Å²) in [6, 6.07) is 1.79. The maximum Gasteiger partial charge on any atom is 0.140 e. The highest BCUT2D eigenvalue weighted by Crippen LogP contribution is 2.23. The number of halogens is 3. The predicted octanol–water partition coefficient (Wildman–Crippen LogP) is 3.54. The molecule has 0 saturated carbocycles. The van der Waals surface area contributed by atoms with Gasteiger partial charge in [0.1, 0.15) is 5.82 Å². The van der Waals surface area contributed by atoms with E-state index in [0.717, 1.165) is 10.3 Å². The van der Waals surface area contributed by atoms with E-state index in [-0.39, 0.29) is 5.38 Å². The number of aromatic nitrogens is 1. The smallest absolute Gasteiger partial charge is 0.140 e. The summed E-state index contributed by atoms with van der Waals surface area (Å²) in [5.74, 6) is 0.761. The fourth-order valence-electron chi connectivity index (χ4n) is 0.782. The fourth-order valence-corrected chi connectivity index (χ4v) is 1.64. The average molecular weight is 284 g/mol. The Morgan fingerprint density at radius 3 is 2.92 bits per heavy atom. The quantitative estimate of drug-likeness (QED) is 0.859. The summed E-state index contributed by atoms with van der Waals surface area (Å²) in [5.41, 5.74) is 0. The zero-order valence-corrected chi connectivity index (χ0v) is 10.1. The summed E-state index contributed by atoms with van der Waals surface area (Å²) in [5, 5.41) is 3.77. The first-order valence-corrected chi connectivity index (χ1v) is 5.39. The maximum atomic E-state index is 5.78. The average Bonchev–Trinajstić information content (AvgIpc) is 2.02. The molecule has 1 aromatic rings. The normalized spacial score (nSPS) is 12.6. The number of anilines is 1. The lowest BCUT2D eigenvalue weighted by Gasteiger charge is -2.08. The van der Waals surface area contributed by atoms with Crippen molar-refractivity contribution in [2.24, 2.45) is 0 Å². The van der Waals surface area contributed by atoms with Gasteiger partial charge in [-0.05, 0) is 28.9 Å². The van der Waals surface area contributed by atoms with Crippen LogP contribution in [-0.4, -0.2) is 16.9 Å². The van der Waals surface area contributed by atoms with Gasteiger partial charge < -0.3 is 5.32 Å². The number of hydrogen-bond acceptors (Lipinski definition) is 2. The molecule has 0 aliphatic rings. The van der Waals surface area contributed by atoms with Crippen molar-refractivity contribution in [3.63, 3.8) is 0 Å². The number of alkyl halides is 1. The third kappa shape index (κ3) is 3.71. The largest absolute Gasteiger partial charge is 0.368 e. The van der Waals surface area contributed by atoms with E-state index in [0.29, 0.717) is 11.6 Å². The highest BCUT2D eigenvalue weighted by Gasteiger charge is 2.02. The SMILES string of the molecule is CC(Cl)CNc1ncc(Cl)cc1Br. The molecule has 1 heterocycles. The molecule has 13 heavy (non-hydrogen) atoms. The lowest BCUT2D eigenvalue weighted by atomic mass is 10.4. The van der Waals surface area contributed by atoms with E-state index < -0.39 is 0 Å². The molecule has 5 heteroatoms. The first-order valence-electron chi connectivity index (χ1n) is 3.78. The minimum absolute atomic E-state index is 0.0735. The van der Waals surface area contributed by atoms with Crippen LogP contribution >= 0.6 is 39.1 Å². The van der Waals surface area contributed by atoms with E-state index >= 15 is 0 Å². The molecule has 1 N–H and O–H groups in total. The molecule has 0 fully saturated rings. The highest BCUT2D eigenvalue weighted by atomic mass is 79.9. The zero-order chi connectivity index (χ0) is 9.84. The number of pyridine rings is 1. The first-order chi connectivity index (χ1) is 6.09. The molecule has 0 bridgehead atoms. The van der Waals surface area contributed by atoms with Gasteiger partial charge >= 0.3 is 0 Å². The Kier molecular flexibility index (Phi) is 4.29. The van der Waals surface area contributed by atoms with Gasteiger partial charge in [-0.25, -0.2) is 4.98 Å². The van der Waals surface area contributed by atoms with Gasteiger partial charge in [0, 0.05) is 18.1 Å². The maximum absolute atomic E-state index is 5.78. The molecule has 0 aliphatic carbocycles. The van der Waals surface area contributed by atoms with Crippen molar-refractivity contribution in [2.45, 2.75) is 12.3 Å². The Morgan fingerprint density at radius 2 is 2.38 bits per heavy atom. The van der Waals surface area contributed by atoms with Crippen LogP contribution in [0.15, 0.2) is 16.7 Å². The number of nitrogens with zero attached hydrogens (tertiary/aromatic N) is 1. The minimum Gasteiger partial charge on any atom is -0.368 e. The van der Waals surface area contributed by atoms with Crippen molar-refractivity contribution in [1.29, 1.82) is 0 Å². The summed E-state index contributed by atoms with van der Waals surface area (Å²) < 4.78 is 0.845. The van der Waals surface area contributed by atoms with Crippen LogP contribution in [0.2, 0.25) is 5.02 Å². The lowest BCUT2D eigenvalue weighted by molar-refractivity contribution is 0.976. The summed E-state index contributed by atoms with van der Waals surface area (Å²) in [6.45, 7) is 2.59. The second-order valence-electron chi connectivity index (χ2n) is 2.65. The molecule has 0 aliphatic heterocycles. The van der Waals surface area contributed by atoms with E-state index in [1.807, 2.05) is 6.92 Å². The second-order valence-corrected chi connectivity index (χ2v) is 4.68. The van der Waals surface area contributed by atoms with Crippen molar-refractivity contribution in [1.82, 2.24) is 4.98 Å². The summed E-state index contributed by atoms with van der Waals surface area (Å²) >= 11 is 14.9. The number of rotatable bonds is 3. The van der Waals surface area contributed by atoms with Crippen LogP contribution in [0.1, 0.15) is 6.92 Å². The Bertz CT molecular complexity index is 291. The van der Waals surface area contributed by atoms with Crippen LogP contribution in [0.5, 0.6) is 0 Å². The molecule has 1 rings (SSSR count). The van der Waals surface area contributed by atoms with Crippen LogP contribution in [0.25, 0.3) is 0 Å². The Morgan fingerprint density at radius 1 is 1.69 bits per heavy atom. The molecule has 0 aromatic carbocycles. The van der Waals surface area contributed by atoms with Gasteiger partial charge in [0.25, 0.3) is 0 Å². The van der Waals surface area contributed by atoms with Gasteiger partial charge in [0.05, 0.1) is 9.50 Å². The van der Waals surface area contributed by atoms with Crippen LogP contribution in [0, 0.1) is 0 Å². The molecule has 0 radical (unpaired) electrons. The first kappa shape index (κ1) is 11.1. The Balaban J connectivity index is 2.67. The number of nitrogens with one attached hydrogen (secondary N) is 1. The van der Waals surface area contributed by atoms with Crippen molar-refractivity contribution in [3.05, 3.63) is 21.8 Å². The summed E-state index contributed by atoms with van der Waals surface area (Å²) in [6.07, 6.45) is 1.59. The van der Waals surface area contributed by atoms with Gasteiger partial charge in [0.15, 0.2) is 0 Å². The molecule has 1 atom stereocenters. The van der Waals surface area contributed by atoms with Crippen LogP contribution < -0.4 is 5.32 Å². The van der Waals surface area contributed by atoms with Crippen LogP contribution in [-0.2, 0) is 0 Å². The molecule has 0 saturated heterocycles. The van der Waals surface area contributed by atoms with E-state index in [4.69, 9.17) is 23.2 Å². The standard InChI is InChI=1S/C8H9BrCl2N2/c1-5(10)3-12-8-7(9)2-6(11)4-13-8/h2,4-5H,3H2,1H3,(H,12,13). The van der Waals surface area contributed by atoms with Gasteiger partial charge in [-0.2, -0.15) is 0 Å². The fraction of sp³-hybridized carbons (Fsp3) is 0.375. The third-order valence-electron chi connectivity index (χ3n) is 1.36. The van der Waals surface area contributed by atoms with Crippen LogP contribution in [0.4, 0.5) is 5.82 Å². The molecule has 0 amide bonds. The van der Waals surface area contributed by atoms with E-state index in [9.17, 15) is 0 Å². The number of hydrogen-bond donors (Lipinski definition) is 1. The van der Waals surface area contributed by atoms with Gasteiger partial charge in [-0.3, -0.25) is 0 Å². The van der Waals surface area contributed by atoms with E-state index in [1.165, 1.54) is 0 Å². The Hall–Kier alpha value is 0.01000. The van der Waals surface area contributed by atoms with Crippen molar-refractivity contribution >= 4 is 44.9 Å². The molecule has 0 spiro atoms. The van der Waals surface area contributed by atoms with Crippen molar-refractivity contribution in [3.8, 4) is 0 Å². The topological polar surface area (TPSA) is 24.9 Å². The lowest BCUT2D eigenvalue weighted by Crippen LogP contribution is -2.11. The second kappa shape index (κ2) is 5.03. The minimum atomic E-state index is 0.0735. The molecule has 72 valence electrons. The van der Waals surface area contributed by atoms with Gasteiger partial charge in [-0.15, -0.1) is 11.6 Å². The summed E-state index contributed by atoms with van der Waals surface area (Å²) in [7, 11) is 0. The molecule has 2 nitrogen and oxygen atoms in total. The molecular formula is C8H9BrCl2N2. The molecule has 1 unspecified atom stereocenters. The summed E-state index contributed by atoms with van der Waals surface area (Å²) in [4.78, 5) is 4.10. The van der Waals surface area contributed by atoms with Crippen LogP contribution in [0.3, 0.4) is 0 Å². The highest BCUT2D eigenvalue weighted by molar-refractivity contribution is 9.10. The van der Waals surface area contributed by atoms with E-state index in [1.54, 1.807) is 12.3 Å². The molecule has 1 aromatic heterocycles. The van der Waals surface area contributed by atoms with Gasteiger partial charge in [0.2, 0.25) is 0 Å². The molecular weight excluding hydrogens is 275 g/mol.